The molecule has 69 heavy (non-hydrogen) atoms. The van der Waals surface area contributed by atoms with E-state index in [-0.39, 0.29) is 29.1 Å². The van der Waals surface area contributed by atoms with E-state index < -0.39 is 140 Å². The van der Waals surface area contributed by atoms with Crippen molar-refractivity contribution in [2.24, 2.45) is 31.1 Å². The molecule has 0 saturated heterocycles. The van der Waals surface area contributed by atoms with E-state index in [2.05, 4.69) is 382 Å². The number of nitrogens with two attached hydrogens (primary N) is 1. The Balaban J connectivity index is 0.000000398. The molecular formula is C25H43I34N5O4Si. The molecule has 0 unspecified atom stereocenters. The number of carbonyl (C=O) groups excluding carboxylic acids is 1. The third-order valence-corrected chi connectivity index (χ3v) is 2490. The first-order valence-corrected chi connectivity index (χ1v) is 228. The van der Waals surface area contributed by atoms with Crippen molar-refractivity contribution in [2.45, 2.75) is 109 Å². The topological polar surface area (TPSA) is 131 Å². The van der Waals surface area contributed by atoms with E-state index in [0.717, 1.165) is 24.3 Å². The number of carbonyl (C=O) groups is 1. The number of rotatable bonds is 22. The van der Waals surface area contributed by atoms with Crippen molar-refractivity contribution in [1.29, 1.82) is 0 Å². The predicted molar refractivity (Wildman–Crippen MR) is 620 cm³/mol. The van der Waals surface area contributed by atoms with Crippen molar-refractivity contribution < 1.29 is 19.1 Å². The maximum atomic E-state index is 12.4. The second-order valence-electron chi connectivity index (χ2n) is 14.8. The van der Waals surface area contributed by atoms with E-state index in [1.165, 1.54) is 0 Å². The van der Waals surface area contributed by atoms with Gasteiger partial charge in [0.05, 0.1) is 29.5 Å². The summed E-state index contributed by atoms with van der Waals surface area (Å²) in [6.07, 6.45) is 6.79. The van der Waals surface area contributed by atoms with Crippen molar-refractivity contribution in [3.05, 3.63) is 0 Å². The average molecular weight is 4820 g/mol. The second-order valence-corrected chi connectivity index (χ2v) is 799. The molecule has 2 fully saturated rings. The summed E-state index contributed by atoms with van der Waals surface area (Å²) in [4.78, 5) is 29.1. The van der Waals surface area contributed by atoms with Crippen LogP contribution in [0.15, 0.2) is 20.0 Å². The summed E-state index contributed by atoms with van der Waals surface area (Å²) in [5.74, 6) is -0.163. The first-order chi connectivity index (χ1) is 31.5. The van der Waals surface area contributed by atoms with Gasteiger partial charge in [0.15, 0.2) is 8.32 Å². The van der Waals surface area contributed by atoms with Gasteiger partial charge >= 0.3 is 467 Å². The zero-order valence-electron chi connectivity index (χ0n) is 35.2. The normalized spacial score (nSPS) is 25.3. The summed E-state index contributed by atoms with van der Waals surface area (Å²) in [5.41, 5.74) is 7.19. The molecule has 3 N–H and O–H groups in total. The van der Waals surface area contributed by atoms with Gasteiger partial charge in [0, 0.05) is 23.9 Å². The van der Waals surface area contributed by atoms with Gasteiger partial charge in [-0.2, -0.15) is 0 Å². The molecule has 0 radical (unpaired) electrons. The summed E-state index contributed by atoms with van der Waals surface area (Å²) in [6.45, 7) is 15.7. The Bertz CT molecular complexity index is 1700. The molecule has 434 valence electrons. The van der Waals surface area contributed by atoms with Gasteiger partial charge in [-0.05, 0) is 65.1 Å². The minimum atomic E-state index is -1.68. The number of hydrogen-bond donors (Lipinski definition) is 2. The Kier molecular flexibility index (Phi) is 57.5. The van der Waals surface area contributed by atoms with Gasteiger partial charge in [-0.1, -0.05) is 13.8 Å². The van der Waals surface area contributed by atoms with Crippen LogP contribution in [0.4, 0.5) is 0 Å². The van der Waals surface area contributed by atoms with Gasteiger partial charge in [0.1, 0.15) is 18.9 Å². The van der Waals surface area contributed by atoms with E-state index in [9.17, 15) is 4.79 Å². The van der Waals surface area contributed by atoms with Gasteiger partial charge in [-0.25, -0.2) is 0 Å². The molecule has 2 aliphatic heterocycles. The minimum Gasteiger partial charge on any atom is -0.393 e. The molecular weight excluding hydrogens is 4780 g/mol. The standard InChI is InChI=1S/C18H32N2O3Si.C7H11N3O.I34/c1-13(2)24(6,7)23-14-8-18(9-14,15-11-19-12-20-15)10-16(21)22-17(3,4)5;8-7(1-5(11)2-7)6-3-9-4-10-6;1-19(2)21(5)23(7)25(9)27(11)29(13)31(15)33(17)34(18)32(16)30(14)28(12)26(10)24(8)22(6)20(3)4/h11,13-14H,8-10,12H2,1-7H3;3,5,11H,1-2,4,8H2;. The van der Waals surface area contributed by atoms with E-state index in [0.29, 0.717) is 38.1 Å². The number of ether oxygens (including phenoxy) is 1. The third-order valence-electron chi connectivity index (χ3n) is 8.55. The molecule has 2 saturated carbocycles. The van der Waals surface area contributed by atoms with Crippen LogP contribution in [-0.4, -0.2) is 79.9 Å². The number of aliphatic hydroxyl groups excluding tert-OH is 1. The van der Waals surface area contributed by atoms with Crippen molar-refractivity contribution in [2.75, 3.05) is 13.3 Å². The zero-order valence-corrected chi connectivity index (χ0v) is 110. The predicted octanol–water partition coefficient (Wildman–Crippen LogP) is 33.4. The summed E-state index contributed by atoms with van der Waals surface area (Å²) in [7, 11) is -9.40. The molecule has 44 heteroatoms. The van der Waals surface area contributed by atoms with Crippen molar-refractivity contribution in [1.82, 2.24) is 0 Å². The number of hydrogen-bond acceptors (Lipinski definition) is 9. The summed E-state index contributed by atoms with van der Waals surface area (Å²) >= 11 is 57.2. The first kappa shape index (κ1) is 88.2. The van der Waals surface area contributed by atoms with E-state index in [1.54, 1.807) is 6.21 Å². The Morgan fingerprint density at radius 1 is 0.638 bits per heavy atom. The van der Waals surface area contributed by atoms with E-state index >= 15 is 0 Å². The Hall–Kier alpha value is 23.1. The Morgan fingerprint density at radius 2 is 0.957 bits per heavy atom. The second kappa shape index (κ2) is 45.0. The van der Waals surface area contributed by atoms with Crippen LogP contribution in [0, 0.1) is 5.41 Å². The smallest absolute Gasteiger partial charge is 0.129 e. The molecule has 0 aromatic rings. The molecule has 2 aliphatic carbocycles. The molecule has 9 nitrogen and oxygen atoms in total. The van der Waals surface area contributed by atoms with Gasteiger partial charge in [-0.15, -0.1) is 0 Å². The molecule has 0 aromatic heterocycles. The molecule has 0 atom stereocenters. The number of nitrogens with zero attached hydrogens (tertiary/aromatic N) is 4. The molecule has 0 aromatic carbocycles. The number of halogens is 34. The molecule has 0 spiro atoms. The summed E-state index contributed by atoms with van der Waals surface area (Å²) < 4.78 is 12.0. The van der Waals surface area contributed by atoms with Crippen molar-refractivity contribution in [3.63, 3.8) is 0 Å². The molecule has 2 heterocycles. The van der Waals surface area contributed by atoms with E-state index in [1.807, 2.05) is 27.0 Å². The number of aliphatic imine (C=N–C) groups is 4. The average Bonchev–Trinajstić information content (AvgIpc) is 4.00. The fourth-order valence-corrected chi connectivity index (χ4v) is 5870. The van der Waals surface area contributed by atoms with Crippen LogP contribution in [0.25, 0.3) is 0 Å². The summed E-state index contributed by atoms with van der Waals surface area (Å²) in [6, 6.07) is 0. The van der Waals surface area contributed by atoms with Gasteiger partial charge in [0.2, 0.25) is 0 Å². The first-order valence-electron chi connectivity index (χ1n) is 17.3. The molecule has 4 aliphatic rings. The third kappa shape index (κ3) is 32.1. The van der Waals surface area contributed by atoms with Crippen molar-refractivity contribution >= 4 is 500 Å². The van der Waals surface area contributed by atoms with Crippen LogP contribution in [-0.2, 0) is 14.0 Å². The fraction of sp³-hybridized carbons (Fsp3) is 0.800. The van der Waals surface area contributed by atoms with Crippen molar-refractivity contribution in [3.8, 4) is 0 Å². The Labute approximate surface area is 643 Å². The van der Waals surface area contributed by atoms with Gasteiger partial charge in [0.25, 0.3) is 0 Å². The van der Waals surface area contributed by atoms with Crippen LogP contribution in [0.2, 0.25) is 18.6 Å². The largest absolute Gasteiger partial charge is 0.393 e. The minimum absolute atomic E-state index is 0.163. The maximum absolute atomic E-state index is 12.4. The molecule has 0 bridgehead atoms. The monoisotopic (exact) mass is 4820 g/mol. The number of aliphatic hydroxyl groups is 1. The molecule has 4 rings (SSSR count). The van der Waals surface area contributed by atoms with Crippen LogP contribution < -0.4 is 5.73 Å². The quantitative estimate of drug-likeness (QED) is 0.0633. The van der Waals surface area contributed by atoms with Crippen LogP contribution in [0.5, 0.6) is 0 Å². The van der Waals surface area contributed by atoms with Gasteiger partial charge in [-0.3, -0.25) is 24.8 Å². The zero-order chi connectivity index (χ0) is 53.3. The van der Waals surface area contributed by atoms with Crippen LogP contribution in [0.3, 0.4) is 0 Å². The SMILES string of the molecule is CC(C)[Si](C)(C)OC1CC(CC(=O)OC(C)(C)C)(C2=NCN=C2)C1.II(I)I(I)I(I)I(I)I(I)I(I)I(I)I(I)I(I)I(I)I(I)I(I)I(I)I(I)I(I)I(I)I.NC1(C2=NCN=C2)CC(O)C1. The van der Waals surface area contributed by atoms with E-state index in [4.69, 9.17) is 20.0 Å². The molecule has 0 amide bonds. The summed E-state index contributed by atoms with van der Waals surface area (Å²) in [5, 5.41) is 9.06. The Morgan fingerprint density at radius 3 is 1.22 bits per heavy atom. The maximum Gasteiger partial charge on any atom is 0.129 e. The van der Waals surface area contributed by atoms with Crippen LogP contribution in [0.1, 0.15) is 66.7 Å². The number of esters is 1. The van der Waals surface area contributed by atoms with Crippen LogP contribution >= 0.6 is 461 Å². The van der Waals surface area contributed by atoms with Gasteiger partial charge < -0.3 is 20.0 Å². The fourth-order valence-electron chi connectivity index (χ4n) is 5.14.